The van der Waals surface area contributed by atoms with Crippen molar-refractivity contribution in [2.75, 3.05) is 17.9 Å². The monoisotopic (exact) mass is 442 g/mol. The second-order valence-corrected chi connectivity index (χ2v) is 7.71. The molecule has 0 saturated heterocycles. The highest BCUT2D eigenvalue weighted by atomic mass is 79.9. The molecule has 0 fully saturated rings. The van der Waals surface area contributed by atoms with Crippen molar-refractivity contribution in [3.05, 3.63) is 58.6 Å². The number of carbonyl (C=O) groups excluding carboxylic acids is 1. The minimum atomic E-state index is -0.245. The number of nitrogens with one attached hydrogen (secondary N) is 2. The van der Waals surface area contributed by atoms with Crippen LogP contribution in [0.5, 0.6) is 5.75 Å². The highest BCUT2D eigenvalue weighted by Gasteiger charge is 2.16. The van der Waals surface area contributed by atoms with E-state index in [1.54, 1.807) is 7.11 Å². The lowest BCUT2D eigenvalue weighted by Crippen LogP contribution is -2.13. The number of thiazole rings is 1. The summed E-state index contributed by atoms with van der Waals surface area (Å²) < 4.78 is 7.10. The molecule has 0 aliphatic carbocycles. The molecule has 0 saturated carbocycles. The number of fused-ring (bicyclic) bond motifs is 2. The van der Waals surface area contributed by atoms with E-state index in [0.29, 0.717) is 22.1 Å². The number of nitrogens with zero attached hydrogens (tertiary/aromatic N) is 1. The topological polar surface area (TPSA) is 89.3 Å². The van der Waals surface area contributed by atoms with Gasteiger partial charge >= 0.3 is 0 Å². The van der Waals surface area contributed by atoms with E-state index in [2.05, 4.69) is 31.7 Å². The van der Waals surface area contributed by atoms with Crippen molar-refractivity contribution in [1.29, 1.82) is 0 Å². The van der Waals surface area contributed by atoms with Crippen LogP contribution in [0, 0.1) is 0 Å². The van der Waals surface area contributed by atoms with Crippen molar-refractivity contribution in [2.45, 2.75) is 0 Å². The second-order valence-electron chi connectivity index (χ2n) is 5.82. The van der Waals surface area contributed by atoms with E-state index in [1.165, 1.54) is 11.3 Å². The van der Waals surface area contributed by atoms with Gasteiger partial charge in [-0.3, -0.25) is 10.2 Å². The number of nitrogens with two attached hydrogens (primary N) is 1. The van der Waals surface area contributed by atoms with Crippen LogP contribution in [0.25, 0.3) is 21.0 Å². The van der Waals surface area contributed by atoms with Crippen molar-refractivity contribution in [3.63, 3.8) is 0 Å². The Labute approximate surface area is 167 Å². The Kier molecular flexibility index (Phi) is 4.69. The van der Waals surface area contributed by atoms with Gasteiger partial charge in [-0.25, -0.2) is 10.8 Å². The first-order chi connectivity index (χ1) is 13.1. The molecule has 0 radical (unpaired) electrons. The first kappa shape index (κ1) is 17.7. The van der Waals surface area contributed by atoms with Gasteiger partial charge in [-0.05, 0) is 51.0 Å². The smallest absolute Gasteiger partial charge is 0.259 e. The summed E-state index contributed by atoms with van der Waals surface area (Å²) in [4.78, 5) is 17.3. The first-order valence-electron chi connectivity index (χ1n) is 8.04. The van der Waals surface area contributed by atoms with E-state index >= 15 is 0 Å². The van der Waals surface area contributed by atoms with Gasteiger partial charge in [0, 0.05) is 10.2 Å². The third-order valence-electron chi connectivity index (χ3n) is 4.14. The first-order valence-corrected chi connectivity index (χ1v) is 9.65. The van der Waals surface area contributed by atoms with E-state index in [9.17, 15) is 4.79 Å². The van der Waals surface area contributed by atoms with E-state index in [4.69, 9.17) is 10.6 Å². The lowest BCUT2D eigenvalue weighted by atomic mass is 10.1. The molecule has 4 rings (SSSR count). The van der Waals surface area contributed by atoms with E-state index in [1.807, 2.05) is 48.5 Å². The summed E-state index contributed by atoms with van der Waals surface area (Å²) in [5, 5.41) is 5.53. The molecule has 1 aromatic heterocycles. The molecule has 1 amide bonds. The Hall–Kier alpha value is -2.68. The van der Waals surface area contributed by atoms with Crippen LogP contribution in [0.2, 0.25) is 0 Å². The van der Waals surface area contributed by atoms with Crippen LogP contribution in [0.15, 0.2) is 53.0 Å². The Morgan fingerprint density at radius 1 is 1.19 bits per heavy atom. The Morgan fingerprint density at radius 2 is 1.93 bits per heavy atom. The fourth-order valence-electron chi connectivity index (χ4n) is 2.89. The van der Waals surface area contributed by atoms with Gasteiger partial charge in [0.1, 0.15) is 5.75 Å². The fraction of sp³-hybridized carbons (Fsp3) is 0.0526. The van der Waals surface area contributed by atoms with Gasteiger partial charge in [0.2, 0.25) is 0 Å². The average molecular weight is 443 g/mol. The number of nitrogen functional groups attached to an aromatic ring is 1. The molecule has 4 N–H and O–H groups in total. The molecule has 3 aromatic carbocycles. The molecular formula is C19H15BrN4O2S. The zero-order valence-electron chi connectivity index (χ0n) is 14.2. The van der Waals surface area contributed by atoms with Gasteiger partial charge in [-0.2, -0.15) is 0 Å². The number of benzene rings is 3. The van der Waals surface area contributed by atoms with Crippen LogP contribution in [-0.4, -0.2) is 18.0 Å². The van der Waals surface area contributed by atoms with Crippen LogP contribution in [0.3, 0.4) is 0 Å². The third-order valence-corrected chi connectivity index (χ3v) is 5.68. The predicted octanol–water partition coefficient (Wildman–Crippen LogP) is 4.76. The summed E-state index contributed by atoms with van der Waals surface area (Å²) >= 11 is 4.90. The Balaban J connectivity index is 1.71. The highest BCUT2D eigenvalue weighted by Crippen LogP contribution is 2.34. The average Bonchev–Trinajstić information content (AvgIpc) is 3.10. The number of methoxy groups -OCH3 is 1. The number of halogens is 1. The van der Waals surface area contributed by atoms with Crippen LogP contribution < -0.4 is 21.3 Å². The minimum Gasteiger partial charge on any atom is -0.496 e. The molecular weight excluding hydrogens is 428 g/mol. The lowest BCUT2D eigenvalue weighted by molar-refractivity contribution is 0.102. The van der Waals surface area contributed by atoms with Gasteiger partial charge in [-0.15, -0.1) is 0 Å². The van der Waals surface area contributed by atoms with Crippen molar-refractivity contribution in [3.8, 4) is 5.75 Å². The normalized spacial score (nSPS) is 10.9. The van der Waals surface area contributed by atoms with Crippen LogP contribution >= 0.6 is 27.3 Å². The number of anilines is 2. The molecule has 0 spiro atoms. The molecule has 27 heavy (non-hydrogen) atoms. The molecule has 1 heterocycles. The summed E-state index contributed by atoms with van der Waals surface area (Å²) in [7, 11) is 1.56. The third kappa shape index (κ3) is 3.34. The molecule has 0 aliphatic heterocycles. The molecule has 0 unspecified atom stereocenters. The molecule has 136 valence electrons. The van der Waals surface area contributed by atoms with Crippen molar-refractivity contribution in [1.82, 2.24) is 4.98 Å². The van der Waals surface area contributed by atoms with Gasteiger partial charge in [0.15, 0.2) is 5.13 Å². The molecule has 4 aromatic rings. The molecule has 8 heteroatoms. The Morgan fingerprint density at radius 3 is 2.63 bits per heavy atom. The summed E-state index contributed by atoms with van der Waals surface area (Å²) in [6.07, 6.45) is 0. The molecule has 0 bridgehead atoms. The standard InChI is InChI=1S/C19H15BrN4O2S/c1-26-15-7-11-5-3-2-4-10(11)6-13(15)18(25)22-12-8-14(20)17-16(9-12)27-19(23-17)24-21/h2-9H,21H2,1H3,(H,22,25)(H,23,24). The zero-order chi connectivity index (χ0) is 19.0. The summed E-state index contributed by atoms with van der Waals surface area (Å²) in [6.45, 7) is 0. The number of hydrazine groups is 1. The second kappa shape index (κ2) is 7.15. The number of amides is 1. The molecule has 0 aliphatic rings. The number of rotatable bonds is 4. The number of aromatic nitrogens is 1. The quantitative estimate of drug-likeness (QED) is 0.313. The molecule has 6 nitrogen and oxygen atoms in total. The number of ether oxygens (including phenoxy) is 1. The predicted molar refractivity (Wildman–Crippen MR) is 114 cm³/mol. The fourth-order valence-corrected chi connectivity index (χ4v) is 4.41. The van der Waals surface area contributed by atoms with Crippen LogP contribution in [0.1, 0.15) is 10.4 Å². The van der Waals surface area contributed by atoms with Crippen LogP contribution in [-0.2, 0) is 0 Å². The summed E-state index contributed by atoms with van der Waals surface area (Å²) in [5.41, 5.74) is 4.46. The molecule has 0 atom stereocenters. The maximum atomic E-state index is 12.9. The van der Waals surface area contributed by atoms with E-state index < -0.39 is 0 Å². The van der Waals surface area contributed by atoms with Crippen molar-refractivity contribution < 1.29 is 9.53 Å². The Bertz CT molecular complexity index is 1180. The maximum absolute atomic E-state index is 12.9. The highest BCUT2D eigenvalue weighted by molar-refractivity contribution is 9.10. The van der Waals surface area contributed by atoms with Gasteiger partial charge in [0.05, 0.1) is 22.9 Å². The van der Waals surface area contributed by atoms with Crippen molar-refractivity contribution in [2.24, 2.45) is 5.84 Å². The zero-order valence-corrected chi connectivity index (χ0v) is 16.6. The largest absolute Gasteiger partial charge is 0.496 e. The minimum absolute atomic E-state index is 0.245. The number of carbonyl (C=O) groups is 1. The summed E-state index contributed by atoms with van der Waals surface area (Å²) in [5.74, 6) is 5.72. The van der Waals surface area contributed by atoms with E-state index in [0.717, 1.165) is 25.5 Å². The van der Waals surface area contributed by atoms with Gasteiger partial charge in [-0.1, -0.05) is 35.6 Å². The summed E-state index contributed by atoms with van der Waals surface area (Å²) in [6, 6.07) is 15.2. The van der Waals surface area contributed by atoms with Crippen LogP contribution in [0.4, 0.5) is 10.8 Å². The maximum Gasteiger partial charge on any atom is 0.259 e. The SMILES string of the molecule is COc1cc2ccccc2cc1C(=O)Nc1cc(Br)c2nc(NN)sc2c1. The van der Waals surface area contributed by atoms with Gasteiger partial charge in [0.25, 0.3) is 5.91 Å². The lowest BCUT2D eigenvalue weighted by Gasteiger charge is -2.11. The number of hydrogen-bond donors (Lipinski definition) is 3. The van der Waals surface area contributed by atoms with E-state index in [-0.39, 0.29) is 5.91 Å². The number of hydrogen-bond acceptors (Lipinski definition) is 6. The van der Waals surface area contributed by atoms with Crippen molar-refractivity contribution >= 4 is 65.0 Å². The van der Waals surface area contributed by atoms with Gasteiger partial charge < -0.3 is 10.1 Å².